The highest BCUT2D eigenvalue weighted by Gasteiger charge is 2.32. The molecule has 0 aromatic carbocycles. The number of nitrogens with one attached hydrogen (secondary N) is 1. The van der Waals surface area contributed by atoms with Crippen LogP contribution >= 0.6 is 0 Å². The first-order valence-electron chi connectivity index (χ1n) is 7.83. The largest absolute Gasteiger partial charge is 0.336 e. The minimum absolute atomic E-state index is 0.336. The summed E-state index contributed by atoms with van der Waals surface area (Å²) in [5, 5.41) is 3.24. The Kier molecular flexibility index (Phi) is 5.22. The van der Waals surface area contributed by atoms with Gasteiger partial charge in [-0.2, -0.15) is 0 Å². The zero-order valence-corrected chi connectivity index (χ0v) is 12.7. The fourth-order valence-electron chi connectivity index (χ4n) is 3.74. The Balaban J connectivity index is 1.92. The van der Waals surface area contributed by atoms with E-state index in [9.17, 15) is 4.79 Å². The number of piperidine rings is 1. The van der Waals surface area contributed by atoms with E-state index in [0.717, 1.165) is 25.9 Å². The Morgan fingerprint density at radius 3 is 2.47 bits per heavy atom. The molecule has 2 aliphatic rings. The van der Waals surface area contributed by atoms with Crippen LogP contribution in [0.4, 0.5) is 0 Å². The second-order valence-corrected chi connectivity index (χ2v) is 6.25. The molecule has 0 aromatic heterocycles. The van der Waals surface area contributed by atoms with Gasteiger partial charge >= 0.3 is 0 Å². The molecule has 4 heteroatoms. The number of carbonyl (C=O) groups is 1. The number of hydrogen-bond acceptors (Lipinski definition) is 3. The quantitative estimate of drug-likeness (QED) is 0.837. The molecule has 110 valence electrons. The zero-order valence-electron chi connectivity index (χ0n) is 12.7. The summed E-state index contributed by atoms with van der Waals surface area (Å²) in [5.74, 6) is 0.336. The molecule has 1 N–H and O–H groups in total. The zero-order chi connectivity index (χ0) is 13.8. The summed E-state index contributed by atoms with van der Waals surface area (Å²) in [6, 6.07) is 1.38. The summed E-state index contributed by atoms with van der Waals surface area (Å²) in [7, 11) is 1.99. The molecule has 0 aromatic rings. The molecular formula is C15H29N3O. The number of rotatable bonds is 4. The van der Waals surface area contributed by atoms with Crippen molar-refractivity contribution in [3.8, 4) is 0 Å². The van der Waals surface area contributed by atoms with Gasteiger partial charge in [0.1, 0.15) is 0 Å². The standard InChI is InChI=1S/C15H29N3O/c1-12-6-4-7-13(2)18(12)15(19)11-17-9-5-8-14(17)10-16-3/h12-14,16H,4-11H2,1-3H3. The molecule has 3 unspecified atom stereocenters. The van der Waals surface area contributed by atoms with E-state index in [0.29, 0.717) is 30.6 Å². The molecular weight excluding hydrogens is 238 g/mol. The first-order valence-corrected chi connectivity index (χ1v) is 7.83. The summed E-state index contributed by atoms with van der Waals surface area (Å²) >= 11 is 0. The van der Waals surface area contributed by atoms with E-state index in [1.54, 1.807) is 0 Å². The van der Waals surface area contributed by atoms with Crippen molar-refractivity contribution in [3.63, 3.8) is 0 Å². The molecule has 3 atom stereocenters. The molecule has 0 bridgehead atoms. The van der Waals surface area contributed by atoms with Gasteiger partial charge in [0.15, 0.2) is 0 Å². The first kappa shape index (κ1) is 14.8. The van der Waals surface area contributed by atoms with Crippen molar-refractivity contribution in [2.45, 2.75) is 64.1 Å². The van der Waals surface area contributed by atoms with Crippen LogP contribution in [0.2, 0.25) is 0 Å². The number of carbonyl (C=O) groups excluding carboxylic acids is 1. The Morgan fingerprint density at radius 1 is 1.16 bits per heavy atom. The minimum Gasteiger partial charge on any atom is -0.336 e. The van der Waals surface area contributed by atoms with E-state index in [-0.39, 0.29) is 0 Å². The van der Waals surface area contributed by atoms with Crippen molar-refractivity contribution in [1.29, 1.82) is 0 Å². The van der Waals surface area contributed by atoms with Crippen LogP contribution in [0, 0.1) is 0 Å². The predicted octanol–water partition coefficient (Wildman–Crippen LogP) is 1.46. The van der Waals surface area contributed by atoms with Crippen molar-refractivity contribution in [2.75, 3.05) is 26.7 Å². The van der Waals surface area contributed by atoms with Gasteiger partial charge in [-0.15, -0.1) is 0 Å². The second kappa shape index (κ2) is 6.71. The number of hydrogen-bond donors (Lipinski definition) is 1. The molecule has 0 aliphatic carbocycles. The monoisotopic (exact) mass is 267 g/mol. The van der Waals surface area contributed by atoms with E-state index >= 15 is 0 Å². The maximum atomic E-state index is 12.6. The van der Waals surface area contributed by atoms with Crippen molar-refractivity contribution < 1.29 is 4.79 Å². The number of likely N-dealkylation sites (N-methyl/N-ethyl adjacent to an activating group) is 1. The lowest BCUT2D eigenvalue weighted by atomic mass is 9.97. The molecule has 2 rings (SSSR count). The van der Waals surface area contributed by atoms with Crippen LogP contribution in [-0.2, 0) is 4.79 Å². The van der Waals surface area contributed by atoms with Gasteiger partial charge in [-0.3, -0.25) is 9.69 Å². The summed E-state index contributed by atoms with van der Waals surface area (Å²) in [5.41, 5.74) is 0. The Labute approximate surface area is 117 Å². The molecule has 0 radical (unpaired) electrons. The van der Waals surface area contributed by atoms with Crippen molar-refractivity contribution >= 4 is 5.91 Å². The van der Waals surface area contributed by atoms with Crippen LogP contribution in [0.3, 0.4) is 0 Å². The van der Waals surface area contributed by atoms with E-state index in [2.05, 4.69) is 29.0 Å². The first-order chi connectivity index (χ1) is 9.13. The van der Waals surface area contributed by atoms with Crippen molar-refractivity contribution in [3.05, 3.63) is 0 Å². The predicted molar refractivity (Wildman–Crippen MR) is 78.1 cm³/mol. The summed E-state index contributed by atoms with van der Waals surface area (Å²) in [6.07, 6.45) is 6.04. The number of nitrogens with zero attached hydrogens (tertiary/aromatic N) is 2. The maximum absolute atomic E-state index is 12.6. The van der Waals surface area contributed by atoms with E-state index in [1.165, 1.54) is 19.3 Å². The minimum atomic E-state index is 0.336. The summed E-state index contributed by atoms with van der Waals surface area (Å²) < 4.78 is 0. The van der Waals surface area contributed by atoms with Crippen LogP contribution in [-0.4, -0.2) is 60.5 Å². The van der Waals surface area contributed by atoms with Crippen LogP contribution in [0.1, 0.15) is 46.0 Å². The lowest BCUT2D eigenvalue weighted by molar-refractivity contribution is -0.138. The third-order valence-electron chi connectivity index (χ3n) is 4.76. The average molecular weight is 267 g/mol. The van der Waals surface area contributed by atoms with Crippen LogP contribution in [0.25, 0.3) is 0 Å². The van der Waals surface area contributed by atoms with Crippen LogP contribution in [0.15, 0.2) is 0 Å². The molecule has 2 aliphatic heterocycles. The van der Waals surface area contributed by atoms with Gasteiger partial charge in [-0.1, -0.05) is 0 Å². The van der Waals surface area contributed by atoms with Gasteiger partial charge in [0.2, 0.25) is 5.91 Å². The highest BCUT2D eigenvalue weighted by Crippen LogP contribution is 2.24. The molecule has 2 fully saturated rings. The van der Waals surface area contributed by atoms with Gasteiger partial charge in [0.05, 0.1) is 6.54 Å². The fraction of sp³-hybridized carbons (Fsp3) is 0.933. The van der Waals surface area contributed by atoms with Gasteiger partial charge in [0, 0.05) is 24.7 Å². The Bertz CT molecular complexity index is 298. The van der Waals surface area contributed by atoms with Crippen LogP contribution in [0.5, 0.6) is 0 Å². The molecule has 4 nitrogen and oxygen atoms in total. The normalized spacial score (nSPS) is 32.8. The maximum Gasteiger partial charge on any atom is 0.237 e. The van der Waals surface area contributed by atoms with Gasteiger partial charge in [0.25, 0.3) is 0 Å². The lowest BCUT2D eigenvalue weighted by Crippen LogP contribution is -2.52. The molecule has 2 saturated heterocycles. The van der Waals surface area contributed by atoms with Crippen LogP contribution < -0.4 is 5.32 Å². The van der Waals surface area contributed by atoms with Crippen molar-refractivity contribution in [2.24, 2.45) is 0 Å². The Morgan fingerprint density at radius 2 is 1.84 bits per heavy atom. The van der Waals surface area contributed by atoms with E-state index in [4.69, 9.17) is 0 Å². The average Bonchev–Trinajstić information content (AvgIpc) is 2.77. The smallest absolute Gasteiger partial charge is 0.237 e. The third-order valence-corrected chi connectivity index (χ3v) is 4.76. The van der Waals surface area contributed by atoms with E-state index < -0.39 is 0 Å². The number of amides is 1. The van der Waals surface area contributed by atoms with Gasteiger partial charge < -0.3 is 10.2 Å². The highest BCUT2D eigenvalue weighted by molar-refractivity contribution is 5.79. The topological polar surface area (TPSA) is 35.6 Å². The third kappa shape index (κ3) is 3.48. The Hall–Kier alpha value is -0.610. The summed E-state index contributed by atoms with van der Waals surface area (Å²) in [6.45, 7) is 7.08. The lowest BCUT2D eigenvalue weighted by Gasteiger charge is -2.40. The molecule has 0 saturated carbocycles. The SMILES string of the molecule is CNCC1CCCN1CC(=O)N1C(C)CCCC1C. The second-order valence-electron chi connectivity index (χ2n) is 6.25. The van der Waals surface area contributed by atoms with Gasteiger partial charge in [-0.05, 0) is 59.5 Å². The highest BCUT2D eigenvalue weighted by atomic mass is 16.2. The molecule has 2 heterocycles. The van der Waals surface area contributed by atoms with Crippen molar-refractivity contribution in [1.82, 2.24) is 15.1 Å². The fourth-order valence-corrected chi connectivity index (χ4v) is 3.74. The number of likely N-dealkylation sites (tertiary alicyclic amines) is 2. The molecule has 1 amide bonds. The summed E-state index contributed by atoms with van der Waals surface area (Å²) in [4.78, 5) is 17.1. The van der Waals surface area contributed by atoms with E-state index in [1.807, 2.05) is 7.05 Å². The van der Waals surface area contributed by atoms with Gasteiger partial charge in [-0.25, -0.2) is 0 Å². The molecule has 0 spiro atoms. The molecule has 19 heavy (non-hydrogen) atoms.